The van der Waals surface area contributed by atoms with Gasteiger partial charge in [0.05, 0.1) is 13.0 Å². The summed E-state index contributed by atoms with van der Waals surface area (Å²) in [6.07, 6.45) is 16.3. The van der Waals surface area contributed by atoms with Crippen LogP contribution in [0.1, 0.15) is 60.3 Å². The molecular weight excluding hydrogens is 272 g/mol. The number of aromatic nitrogens is 2. The van der Waals surface area contributed by atoms with E-state index in [4.69, 9.17) is 0 Å². The summed E-state index contributed by atoms with van der Waals surface area (Å²) in [7, 11) is 4.04. The fourth-order valence-electron chi connectivity index (χ4n) is 1.77. The van der Waals surface area contributed by atoms with Crippen LogP contribution in [0.5, 0.6) is 0 Å². The molecular formula is C18H38N4. The third-order valence-electron chi connectivity index (χ3n) is 3.08. The molecule has 2 heterocycles. The van der Waals surface area contributed by atoms with Crippen molar-refractivity contribution in [3.63, 3.8) is 0 Å². The molecule has 1 aliphatic rings. The van der Waals surface area contributed by atoms with E-state index in [9.17, 15) is 0 Å². The Kier molecular flexibility index (Phi) is 16.5. The Labute approximate surface area is 138 Å². The van der Waals surface area contributed by atoms with Gasteiger partial charge in [0.1, 0.15) is 0 Å². The van der Waals surface area contributed by atoms with Gasteiger partial charge in [-0.05, 0) is 6.42 Å². The number of aryl methyl sites for hydroxylation is 1. The van der Waals surface area contributed by atoms with Crippen LogP contribution in [0, 0.1) is 0 Å². The predicted octanol–water partition coefficient (Wildman–Crippen LogP) is 4.72. The van der Waals surface area contributed by atoms with Crippen molar-refractivity contribution in [1.29, 1.82) is 0 Å². The van der Waals surface area contributed by atoms with E-state index in [1.807, 2.05) is 17.8 Å². The standard InChI is InChI=1S/C8H16N2.C5H12.C4H6N2.CH4/c1-3-4-5-10-7-6-9(2)8-10;1-3-5-4-2;1-6-3-2-5-4-6;/h6-7H,3-5,8H2,1-2H3;3-5H2,1-2H3;2-4H,1H3;1H4. The van der Waals surface area contributed by atoms with E-state index in [0.717, 1.165) is 6.67 Å². The van der Waals surface area contributed by atoms with Crippen molar-refractivity contribution in [2.75, 3.05) is 20.3 Å². The second-order valence-electron chi connectivity index (χ2n) is 5.44. The zero-order chi connectivity index (χ0) is 15.9. The van der Waals surface area contributed by atoms with E-state index in [1.165, 1.54) is 38.6 Å². The molecule has 0 saturated heterocycles. The van der Waals surface area contributed by atoms with E-state index in [1.54, 1.807) is 12.5 Å². The number of rotatable bonds is 5. The number of hydrogen-bond donors (Lipinski definition) is 0. The highest BCUT2D eigenvalue weighted by molar-refractivity contribution is 4.88. The predicted molar refractivity (Wildman–Crippen MR) is 98.5 cm³/mol. The third-order valence-corrected chi connectivity index (χ3v) is 3.08. The fourth-order valence-corrected chi connectivity index (χ4v) is 1.77. The molecule has 0 N–H and O–H groups in total. The van der Waals surface area contributed by atoms with Crippen LogP contribution in [0.25, 0.3) is 0 Å². The largest absolute Gasteiger partial charge is 0.362 e. The summed E-state index contributed by atoms with van der Waals surface area (Å²) in [5.74, 6) is 0. The second-order valence-corrected chi connectivity index (χ2v) is 5.44. The second kappa shape index (κ2) is 15.9. The first-order valence-corrected chi connectivity index (χ1v) is 8.18. The van der Waals surface area contributed by atoms with Crippen LogP contribution >= 0.6 is 0 Å². The maximum absolute atomic E-state index is 3.78. The molecule has 1 aromatic heterocycles. The normalized spacial score (nSPS) is 12.0. The third kappa shape index (κ3) is 13.5. The SMILES string of the molecule is C.CCCCC.CCCCN1C=CN(C)C1.Cn1ccnc1. The van der Waals surface area contributed by atoms with Crippen molar-refractivity contribution in [2.24, 2.45) is 7.05 Å². The Morgan fingerprint density at radius 1 is 0.955 bits per heavy atom. The van der Waals surface area contributed by atoms with Gasteiger partial charge >= 0.3 is 0 Å². The molecule has 0 spiro atoms. The van der Waals surface area contributed by atoms with Crippen LogP contribution in [-0.4, -0.2) is 39.6 Å². The quantitative estimate of drug-likeness (QED) is 0.787. The van der Waals surface area contributed by atoms with Gasteiger partial charge < -0.3 is 14.4 Å². The lowest BCUT2D eigenvalue weighted by Gasteiger charge is -2.17. The lowest BCUT2D eigenvalue weighted by atomic mass is 10.3. The molecule has 1 aromatic rings. The molecule has 1 aliphatic heterocycles. The maximum Gasteiger partial charge on any atom is 0.0943 e. The Morgan fingerprint density at radius 2 is 1.59 bits per heavy atom. The van der Waals surface area contributed by atoms with E-state index < -0.39 is 0 Å². The highest BCUT2D eigenvalue weighted by atomic mass is 15.3. The highest BCUT2D eigenvalue weighted by Crippen LogP contribution is 2.04. The van der Waals surface area contributed by atoms with Crippen molar-refractivity contribution in [1.82, 2.24) is 19.4 Å². The monoisotopic (exact) mass is 310 g/mol. The molecule has 0 fully saturated rings. The van der Waals surface area contributed by atoms with Crippen LogP contribution in [0.15, 0.2) is 31.1 Å². The fraction of sp³-hybridized carbons (Fsp3) is 0.722. The van der Waals surface area contributed by atoms with E-state index in [0.29, 0.717) is 0 Å². The number of imidazole rings is 1. The zero-order valence-electron chi connectivity index (χ0n) is 14.6. The maximum atomic E-state index is 3.78. The first kappa shape index (κ1) is 22.8. The first-order valence-electron chi connectivity index (χ1n) is 8.18. The van der Waals surface area contributed by atoms with E-state index >= 15 is 0 Å². The van der Waals surface area contributed by atoms with Crippen LogP contribution in [-0.2, 0) is 7.05 Å². The molecule has 4 heteroatoms. The molecule has 22 heavy (non-hydrogen) atoms. The highest BCUT2D eigenvalue weighted by Gasteiger charge is 2.05. The summed E-state index contributed by atoms with van der Waals surface area (Å²) in [4.78, 5) is 8.31. The summed E-state index contributed by atoms with van der Waals surface area (Å²) in [5.41, 5.74) is 0. The van der Waals surface area contributed by atoms with Crippen LogP contribution in [0.2, 0.25) is 0 Å². The van der Waals surface area contributed by atoms with Crippen LogP contribution in [0.3, 0.4) is 0 Å². The van der Waals surface area contributed by atoms with E-state index in [2.05, 4.69) is 55.0 Å². The smallest absolute Gasteiger partial charge is 0.0943 e. The summed E-state index contributed by atoms with van der Waals surface area (Å²) < 4.78 is 1.89. The summed E-state index contributed by atoms with van der Waals surface area (Å²) >= 11 is 0. The van der Waals surface area contributed by atoms with Crippen molar-refractivity contribution in [3.05, 3.63) is 31.1 Å². The minimum Gasteiger partial charge on any atom is -0.362 e. The molecule has 0 radical (unpaired) electrons. The summed E-state index contributed by atoms with van der Waals surface area (Å²) in [5, 5.41) is 0. The van der Waals surface area contributed by atoms with Gasteiger partial charge in [0.15, 0.2) is 0 Å². The molecule has 0 amide bonds. The van der Waals surface area contributed by atoms with Gasteiger partial charge in [-0.3, -0.25) is 0 Å². The van der Waals surface area contributed by atoms with Gasteiger partial charge in [-0.25, -0.2) is 4.98 Å². The van der Waals surface area contributed by atoms with Crippen molar-refractivity contribution in [3.8, 4) is 0 Å². The Balaban J connectivity index is 0. The van der Waals surface area contributed by atoms with Gasteiger partial charge in [0.25, 0.3) is 0 Å². The van der Waals surface area contributed by atoms with Crippen LogP contribution < -0.4 is 0 Å². The molecule has 0 aromatic carbocycles. The minimum absolute atomic E-state index is 0. The number of hydrogen-bond acceptors (Lipinski definition) is 3. The number of nitrogens with zero attached hydrogens (tertiary/aromatic N) is 4. The molecule has 0 aliphatic carbocycles. The number of unbranched alkanes of at least 4 members (excludes halogenated alkanes) is 3. The summed E-state index contributed by atoms with van der Waals surface area (Å²) in [6.45, 7) is 8.92. The lowest BCUT2D eigenvalue weighted by Crippen LogP contribution is -2.23. The molecule has 0 saturated carbocycles. The van der Waals surface area contributed by atoms with Crippen molar-refractivity contribution < 1.29 is 0 Å². The molecule has 0 bridgehead atoms. The van der Waals surface area contributed by atoms with Gasteiger partial charge in [-0.15, -0.1) is 0 Å². The topological polar surface area (TPSA) is 24.3 Å². The molecule has 2 rings (SSSR count). The van der Waals surface area contributed by atoms with Gasteiger partial charge in [0.2, 0.25) is 0 Å². The average molecular weight is 311 g/mol. The first-order chi connectivity index (χ1) is 10.1. The van der Waals surface area contributed by atoms with Gasteiger partial charge in [-0.2, -0.15) is 0 Å². The Bertz CT molecular complexity index is 331. The summed E-state index contributed by atoms with van der Waals surface area (Å²) in [6, 6.07) is 0. The van der Waals surface area contributed by atoms with E-state index in [-0.39, 0.29) is 7.43 Å². The molecule has 130 valence electrons. The van der Waals surface area contributed by atoms with Crippen molar-refractivity contribution in [2.45, 2.75) is 60.3 Å². The Morgan fingerprint density at radius 3 is 1.86 bits per heavy atom. The van der Waals surface area contributed by atoms with Crippen molar-refractivity contribution >= 4 is 0 Å². The Hall–Kier alpha value is -1.45. The van der Waals surface area contributed by atoms with Gasteiger partial charge in [-0.1, -0.05) is 53.9 Å². The molecule has 4 nitrogen and oxygen atoms in total. The minimum atomic E-state index is 0. The molecule has 0 atom stereocenters. The average Bonchev–Trinajstić information content (AvgIpc) is 3.10. The zero-order valence-corrected chi connectivity index (χ0v) is 14.6. The van der Waals surface area contributed by atoms with Crippen LogP contribution in [0.4, 0.5) is 0 Å². The van der Waals surface area contributed by atoms with Gasteiger partial charge in [0, 0.05) is 45.4 Å². The lowest BCUT2D eigenvalue weighted by molar-refractivity contribution is 0.293. The molecule has 0 unspecified atom stereocenters.